The second-order valence-corrected chi connectivity index (χ2v) is 8.52. The van der Waals surface area contributed by atoms with Gasteiger partial charge >= 0.3 is 0 Å². The van der Waals surface area contributed by atoms with Crippen molar-refractivity contribution in [2.24, 2.45) is 0 Å². The Kier molecular flexibility index (Phi) is 5.18. The van der Waals surface area contributed by atoms with Gasteiger partial charge in [-0.1, -0.05) is 12.1 Å². The number of ether oxygens (including phenoxy) is 4. The lowest BCUT2D eigenvalue weighted by Crippen LogP contribution is -2.60. The number of hydrogen-bond acceptors (Lipinski definition) is 9. The number of hydrogen-bond donors (Lipinski definition) is 5. The van der Waals surface area contributed by atoms with Gasteiger partial charge in [0.2, 0.25) is 6.29 Å². The molecule has 3 aliphatic heterocycles. The van der Waals surface area contributed by atoms with E-state index in [1.807, 2.05) is 0 Å². The average Bonchev–Trinajstić information content (AvgIpc) is 2.96. The zero-order valence-corrected chi connectivity index (χ0v) is 17.6. The molecule has 2 aromatic carbocycles. The van der Waals surface area contributed by atoms with Crippen LogP contribution in [0.25, 0.3) is 0 Å². The second kappa shape index (κ2) is 7.79. The highest BCUT2D eigenvalue weighted by atomic mass is 16.7. The molecule has 0 aliphatic carbocycles. The van der Waals surface area contributed by atoms with Crippen LogP contribution in [0, 0.1) is 13.8 Å². The lowest BCUT2D eigenvalue weighted by Gasteiger charge is -2.41. The Bertz CT molecular complexity index is 1020. The van der Waals surface area contributed by atoms with Crippen LogP contribution in [0.1, 0.15) is 40.9 Å². The van der Waals surface area contributed by atoms with Crippen molar-refractivity contribution in [2.45, 2.75) is 63.2 Å². The maximum Gasteiger partial charge on any atom is 0.229 e. The maximum atomic E-state index is 10.8. The fourth-order valence-electron chi connectivity index (χ4n) is 4.72. The third-order valence-electron chi connectivity index (χ3n) is 6.54. The molecule has 0 spiro atoms. The van der Waals surface area contributed by atoms with E-state index < -0.39 is 49.5 Å². The normalized spacial score (nSPS) is 33.3. The minimum absolute atomic E-state index is 0.0115. The summed E-state index contributed by atoms with van der Waals surface area (Å²) >= 11 is 0. The SMILES string of the molecule is Cc1c(O)c(C)c2c3c1O[C@@H]1O[C@H](CO)[C@@H](O)[C@H](O)[C@H]1O[C@H]3C[C@@H](c1ccc(O)cc1)O2. The molecule has 0 unspecified atom stereocenters. The van der Waals surface area contributed by atoms with Crippen molar-refractivity contribution in [3.8, 4) is 23.0 Å². The molecule has 5 N–H and O–H groups in total. The Morgan fingerprint density at radius 3 is 2.19 bits per heavy atom. The van der Waals surface area contributed by atoms with Crippen LogP contribution in [0.4, 0.5) is 0 Å². The first-order valence-electron chi connectivity index (χ1n) is 10.6. The minimum Gasteiger partial charge on any atom is -0.508 e. The van der Waals surface area contributed by atoms with E-state index in [0.29, 0.717) is 34.6 Å². The largest absolute Gasteiger partial charge is 0.508 e. The van der Waals surface area contributed by atoms with Crippen molar-refractivity contribution in [3.63, 3.8) is 0 Å². The Balaban J connectivity index is 1.61. The molecule has 0 radical (unpaired) electrons. The predicted molar refractivity (Wildman–Crippen MR) is 110 cm³/mol. The van der Waals surface area contributed by atoms with Gasteiger partial charge in [-0.2, -0.15) is 0 Å². The Morgan fingerprint density at radius 1 is 0.875 bits per heavy atom. The zero-order valence-electron chi connectivity index (χ0n) is 17.6. The molecule has 9 heteroatoms. The van der Waals surface area contributed by atoms with Crippen LogP contribution in [0.5, 0.6) is 23.0 Å². The number of rotatable bonds is 2. The van der Waals surface area contributed by atoms with E-state index in [-0.39, 0.29) is 11.5 Å². The highest BCUT2D eigenvalue weighted by Gasteiger charge is 2.51. The summed E-state index contributed by atoms with van der Waals surface area (Å²) in [6.07, 6.45) is -6.55. The molecular formula is C23H26O9. The zero-order chi connectivity index (χ0) is 22.7. The molecule has 5 rings (SSSR count). The lowest BCUT2D eigenvalue weighted by atomic mass is 9.90. The summed E-state index contributed by atoms with van der Waals surface area (Å²) in [4.78, 5) is 0. The Labute approximate surface area is 184 Å². The molecule has 0 amide bonds. The number of phenolic OH excluding ortho intramolecular Hbond substituents is 2. The van der Waals surface area contributed by atoms with E-state index in [0.717, 1.165) is 5.56 Å². The Hall–Kier alpha value is -2.56. The van der Waals surface area contributed by atoms with Crippen LogP contribution in [0.2, 0.25) is 0 Å². The maximum absolute atomic E-state index is 10.8. The van der Waals surface area contributed by atoms with Gasteiger partial charge in [-0.25, -0.2) is 0 Å². The van der Waals surface area contributed by atoms with Crippen molar-refractivity contribution >= 4 is 0 Å². The van der Waals surface area contributed by atoms with E-state index >= 15 is 0 Å². The molecule has 32 heavy (non-hydrogen) atoms. The van der Waals surface area contributed by atoms with Gasteiger partial charge in [0.1, 0.15) is 53.5 Å². The van der Waals surface area contributed by atoms with Gasteiger partial charge in [-0.05, 0) is 31.5 Å². The fraction of sp³-hybridized carbons (Fsp3) is 0.478. The minimum atomic E-state index is -1.35. The smallest absolute Gasteiger partial charge is 0.229 e. The molecule has 3 heterocycles. The molecule has 1 fully saturated rings. The summed E-state index contributed by atoms with van der Waals surface area (Å²) < 4.78 is 24.3. The van der Waals surface area contributed by atoms with E-state index in [9.17, 15) is 25.5 Å². The summed E-state index contributed by atoms with van der Waals surface area (Å²) in [5, 5.41) is 51.0. The predicted octanol–water partition coefficient (Wildman–Crippen LogP) is 1.50. The van der Waals surface area contributed by atoms with Gasteiger partial charge < -0.3 is 44.5 Å². The van der Waals surface area contributed by atoms with Crippen molar-refractivity contribution in [1.82, 2.24) is 0 Å². The van der Waals surface area contributed by atoms with Crippen LogP contribution in [-0.2, 0) is 9.47 Å². The standard InChI is InChI=1S/C23H26O9/c1-9-17(26)10(2)21-16-14(7-13(29-20(9)16)11-3-5-12(25)6-4-11)30-22-19(28)18(27)15(8-24)31-23(22)32-21/h3-6,13-15,18-19,22-28H,7-8H2,1-2H3/t13-,14-,15+,18+,19-,22+,23-/m0/s1. The number of aromatic hydroxyl groups is 2. The number of phenols is 2. The van der Waals surface area contributed by atoms with Gasteiger partial charge in [0, 0.05) is 17.5 Å². The molecule has 0 saturated carbocycles. The number of aliphatic hydroxyl groups excluding tert-OH is 3. The third-order valence-corrected chi connectivity index (χ3v) is 6.54. The Morgan fingerprint density at radius 2 is 1.53 bits per heavy atom. The summed E-state index contributed by atoms with van der Waals surface area (Å²) in [6, 6.07) is 6.63. The van der Waals surface area contributed by atoms with Crippen LogP contribution in [0.3, 0.4) is 0 Å². The van der Waals surface area contributed by atoms with Crippen molar-refractivity contribution < 1.29 is 44.5 Å². The molecule has 3 aliphatic rings. The van der Waals surface area contributed by atoms with Gasteiger partial charge in [-0.3, -0.25) is 0 Å². The van der Waals surface area contributed by atoms with Gasteiger partial charge in [0.25, 0.3) is 0 Å². The molecule has 7 atom stereocenters. The van der Waals surface area contributed by atoms with Crippen LogP contribution in [-0.4, -0.2) is 62.8 Å². The van der Waals surface area contributed by atoms with Crippen molar-refractivity contribution in [2.75, 3.05) is 6.61 Å². The first-order valence-corrected chi connectivity index (χ1v) is 10.6. The van der Waals surface area contributed by atoms with E-state index in [4.69, 9.17) is 18.9 Å². The van der Waals surface area contributed by atoms with E-state index in [1.165, 1.54) is 0 Å². The molecular weight excluding hydrogens is 420 g/mol. The third kappa shape index (κ3) is 3.20. The van der Waals surface area contributed by atoms with Gasteiger partial charge in [0.15, 0.2) is 0 Å². The summed E-state index contributed by atoms with van der Waals surface area (Å²) in [5.41, 5.74) is 2.42. The summed E-state index contributed by atoms with van der Waals surface area (Å²) in [5.74, 6) is 0.904. The van der Waals surface area contributed by atoms with Crippen LogP contribution < -0.4 is 9.47 Å². The van der Waals surface area contributed by atoms with Gasteiger partial charge in [-0.15, -0.1) is 0 Å². The highest BCUT2D eigenvalue weighted by Crippen LogP contribution is 2.55. The first kappa shape index (κ1) is 21.3. The number of benzene rings is 2. The van der Waals surface area contributed by atoms with Crippen LogP contribution in [0.15, 0.2) is 24.3 Å². The van der Waals surface area contributed by atoms with Crippen LogP contribution >= 0.6 is 0 Å². The molecule has 9 nitrogen and oxygen atoms in total. The number of aliphatic hydroxyl groups is 3. The molecule has 0 aromatic heterocycles. The summed E-state index contributed by atoms with van der Waals surface area (Å²) in [7, 11) is 0. The van der Waals surface area contributed by atoms with Crippen molar-refractivity contribution in [1.29, 1.82) is 0 Å². The van der Waals surface area contributed by atoms with E-state index in [2.05, 4.69) is 0 Å². The monoisotopic (exact) mass is 446 g/mol. The van der Waals surface area contributed by atoms with Crippen molar-refractivity contribution in [3.05, 3.63) is 46.5 Å². The molecule has 172 valence electrons. The number of fused-ring (bicyclic) bond motifs is 1. The van der Waals surface area contributed by atoms with E-state index in [1.54, 1.807) is 38.1 Å². The highest BCUT2D eigenvalue weighted by molar-refractivity contribution is 5.63. The molecule has 0 bridgehead atoms. The summed E-state index contributed by atoms with van der Waals surface area (Å²) in [6.45, 7) is 2.94. The fourth-order valence-corrected chi connectivity index (χ4v) is 4.72. The average molecular weight is 446 g/mol. The second-order valence-electron chi connectivity index (χ2n) is 8.52. The van der Waals surface area contributed by atoms with Gasteiger partial charge in [0.05, 0.1) is 18.3 Å². The first-order chi connectivity index (χ1) is 15.3. The topological polar surface area (TPSA) is 138 Å². The molecule has 1 saturated heterocycles. The lowest BCUT2D eigenvalue weighted by molar-refractivity contribution is -0.292. The quantitative estimate of drug-likeness (QED) is 0.464. The molecule has 2 aromatic rings.